The van der Waals surface area contributed by atoms with Crippen LogP contribution in [0.1, 0.15) is 51.9 Å². The maximum Gasteiger partial charge on any atom is 0.320 e. The van der Waals surface area contributed by atoms with Crippen LogP contribution in [-0.2, 0) is 4.79 Å². The molecule has 0 radical (unpaired) electrons. The fourth-order valence-corrected chi connectivity index (χ4v) is 8.12. The molecule has 2 saturated heterocycles. The van der Waals surface area contributed by atoms with Crippen LogP contribution in [0.3, 0.4) is 0 Å². The Bertz CT molecular complexity index is 898. The van der Waals surface area contributed by atoms with Crippen molar-refractivity contribution in [2.75, 3.05) is 30.3 Å². The third-order valence-corrected chi connectivity index (χ3v) is 9.49. The van der Waals surface area contributed by atoms with E-state index in [-0.39, 0.29) is 17.5 Å². The van der Waals surface area contributed by atoms with Crippen LogP contribution in [0.2, 0.25) is 0 Å². The van der Waals surface area contributed by atoms with Gasteiger partial charge in [0.25, 0.3) is 0 Å². The number of aromatic nitrogens is 2. The van der Waals surface area contributed by atoms with Crippen molar-refractivity contribution >= 4 is 17.7 Å². The van der Waals surface area contributed by atoms with Crippen LogP contribution >= 0.6 is 0 Å². The SMILES string of the molecule is CC(Oc1cc(N2CCC3(CC2)CN[C@H](C(=O)O)C3)nc(N)n1)C1C2CC3CC1[C@H](C3)C2. The lowest BCUT2D eigenvalue weighted by Gasteiger charge is -2.39. The monoisotopic (exact) mass is 441 g/mol. The predicted octanol–water partition coefficient (Wildman–Crippen LogP) is 2.54. The first-order valence-corrected chi connectivity index (χ1v) is 12.4. The van der Waals surface area contributed by atoms with Crippen LogP contribution in [0.4, 0.5) is 11.8 Å². The summed E-state index contributed by atoms with van der Waals surface area (Å²) < 4.78 is 6.41. The molecule has 0 aromatic carbocycles. The molecule has 6 aliphatic rings. The van der Waals surface area contributed by atoms with Crippen molar-refractivity contribution < 1.29 is 14.6 Å². The first-order valence-electron chi connectivity index (χ1n) is 12.4. The number of piperidine rings is 1. The minimum atomic E-state index is -0.743. The van der Waals surface area contributed by atoms with E-state index < -0.39 is 12.0 Å². The fraction of sp³-hybridized carbons (Fsp3) is 0.792. The zero-order chi connectivity index (χ0) is 22.0. The topological polar surface area (TPSA) is 114 Å². The lowest BCUT2D eigenvalue weighted by molar-refractivity contribution is -0.139. The van der Waals surface area contributed by atoms with Gasteiger partial charge in [-0.05, 0) is 81.0 Å². The van der Waals surface area contributed by atoms with E-state index in [0.717, 1.165) is 62.0 Å². The van der Waals surface area contributed by atoms with Gasteiger partial charge in [-0.25, -0.2) is 0 Å². The third-order valence-electron chi connectivity index (χ3n) is 9.49. The highest BCUT2D eigenvalue weighted by atomic mass is 16.5. The highest BCUT2D eigenvalue weighted by Crippen LogP contribution is 2.62. The molecule has 6 fully saturated rings. The molecule has 4 bridgehead atoms. The van der Waals surface area contributed by atoms with Crippen LogP contribution in [0.25, 0.3) is 0 Å². The number of hydrogen-bond donors (Lipinski definition) is 3. The van der Waals surface area contributed by atoms with E-state index in [9.17, 15) is 9.90 Å². The Kier molecular flexibility index (Phi) is 4.79. The average Bonchev–Trinajstić information content (AvgIpc) is 3.36. The molecule has 7 rings (SSSR count). The van der Waals surface area contributed by atoms with Crippen molar-refractivity contribution in [3.63, 3.8) is 0 Å². The first kappa shape index (κ1) is 20.5. The summed E-state index contributed by atoms with van der Waals surface area (Å²) in [5.74, 6) is 5.11. The van der Waals surface area contributed by atoms with Crippen molar-refractivity contribution in [3.8, 4) is 5.88 Å². The van der Waals surface area contributed by atoms with E-state index in [1.165, 1.54) is 25.7 Å². The number of rotatable bonds is 5. The summed E-state index contributed by atoms with van der Waals surface area (Å²) >= 11 is 0. The van der Waals surface area contributed by atoms with Crippen LogP contribution in [0, 0.1) is 35.0 Å². The number of carbonyl (C=O) groups is 1. The number of aliphatic carboxylic acids is 1. The van der Waals surface area contributed by atoms with Gasteiger partial charge in [-0.2, -0.15) is 9.97 Å². The quantitative estimate of drug-likeness (QED) is 0.639. The van der Waals surface area contributed by atoms with E-state index in [4.69, 9.17) is 10.5 Å². The Balaban J connectivity index is 1.12. The van der Waals surface area contributed by atoms with E-state index >= 15 is 0 Å². The highest BCUT2D eigenvalue weighted by molar-refractivity contribution is 5.74. The summed E-state index contributed by atoms with van der Waals surface area (Å²) in [5, 5.41) is 12.5. The van der Waals surface area contributed by atoms with Crippen LogP contribution in [-0.4, -0.2) is 52.8 Å². The summed E-state index contributed by atoms with van der Waals surface area (Å²) in [7, 11) is 0. The van der Waals surface area contributed by atoms with Crippen molar-refractivity contribution in [2.45, 2.75) is 64.0 Å². The number of carboxylic acid groups (broad SMARTS) is 1. The molecule has 8 heteroatoms. The normalized spacial score (nSPS) is 37.8. The molecule has 0 amide bonds. The van der Waals surface area contributed by atoms with Gasteiger partial charge in [0.1, 0.15) is 18.0 Å². The van der Waals surface area contributed by atoms with E-state index in [1.807, 2.05) is 6.07 Å². The molecule has 5 unspecified atom stereocenters. The van der Waals surface area contributed by atoms with Gasteiger partial charge >= 0.3 is 5.97 Å². The summed E-state index contributed by atoms with van der Waals surface area (Å²) in [6.07, 6.45) is 8.37. The van der Waals surface area contributed by atoms with Crippen molar-refractivity contribution in [1.82, 2.24) is 15.3 Å². The average molecular weight is 442 g/mol. The number of nitrogen functional groups attached to an aromatic ring is 1. The van der Waals surface area contributed by atoms with Crippen molar-refractivity contribution in [3.05, 3.63) is 6.07 Å². The van der Waals surface area contributed by atoms with Crippen LogP contribution in [0.5, 0.6) is 5.88 Å². The molecular formula is C24H35N5O3. The van der Waals surface area contributed by atoms with Gasteiger partial charge in [-0.3, -0.25) is 4.79 Å². The third kappa shape index (κ3) is 3.42. The molecular weight excluding hydrogens is 406 g/mol. The second-order valence-electron chi connectivity index (χ2n) is 11.3. The van der Waals surface area contributed by atoms with Crippen LogP contribution < -0.4 is 20.7 Å². The van der Waals surface area contributed by atoms with E-state index in [0.29, 0.717) is 18.2 Å². The fourth-order valence-electron chi connectivity index (χ4n) is 8.12. The summed E-state index contributed by atoms with van der Waals surface area (Å²) in [6, 6.07) is 1.53. The first-order chi connectivity index (χ1) is 15.4. The van der Waals surface area contributed by atoms with Crippen LogP contribution in [0.15, 0.2) is 6.07 Å². The number of hydrogen-bond acceptors (Lipinski definition) is 7. The minimum absolute atomic E-state index is 0.0763. The lowest BCUT2D eigenvalue weighted by Crippen LogP contribution is -2.41. The number of nitrogens with one attached hydrogen (secondary N) is 1. The molecule has 4 N–H and O–H groups in total. The number of anilines is 2. The number of nitrogens with two attached hydrogens (primary N) is 1. The Morgan fingerprint density at radius 2 is 2.03 bits per heavy atom. The minimum Gasteiger partial charge on any atom is -0.480 e. The number of carboxylic acids is 1. The molecule has 1 spiro atoms. The van der Waals surface area contributed by atoms with Gasteiger partial charge in [0, 0.05) is 31.6 Å². The molecule has 3 heterocycles. The van der Waals surface area contributed by atoms with Gasteiger partial charge in [-0.1, -0.05) is 0 Å². The van der Waals surface area contributed by atoms with Gasteiger partial charge in [0.05, 0.1) is 0 Å². The zero-order valence-electron chi connectivity index (χ0n) is 18.9. The standard InChI is InChI=1S/C24H35N5O3/c1-13(21-16-7-14-6-15(9-16)17(21)8-14)32-20-10-19(27-23(25)28-20)29-4-2-24(3-5-29)11-18(22(30)31)26-12-24/h10,13-18,21,26H,2-9,11-12H2,1H3,(H,30,31)(H2,25,27,28)/t13?,14?,15-,16?,17?,18+,21?/m1/s1. The molecule has 7 atom stereocenters. The van der Waals surface area contributed by atoms with Crippen molar-refractivity contribution in [1.29, 1.82) is 0 Å². The van der Waals surface area contributed by atoms with E-state index in [2.05, 4.69) is 27.1 Å². The number of nitrogens with zero attached hydrogens (tertiary/aromatic N) is 3. The number of ether oxygens (including phenoxy) is 1. The van der Waals surface area contributed by atoms with Crippen molar-refractivity contribution in [2.24, 2.45) is 35.0 Å². The summed E-state index contributed by atoms with van der Waals surface area (Å²) in [4.78, 5) is 22.5. The smallest absolute Gasteiger partial charge is 0.320 e. The molecule has 1 aromatic heterocycles. The highest BCUT2D eigenvalue weighted by Gasteiger charge is 2.55. The molecule has 4 saturated carbocycles. The largest absolute Gasteiger partial charge is 0.480 e. The molecule has 4 aliphatic carbocycles. The maximum atomic E-state index is 11.3. The maximum absolute atomic E-state index is 11.3. The second kappa shape index (κ2) is 7.47. The van der Waals surface area contributed by atoms with Gasteiger partial charge < -0.3 is 25.8 Å². The second-order valence-corrected chi connectivity index (χ2v) is 11.3. The molecule has 8 nitrogen and oxygen atoms in total. The van der Waals surface area contributed by atoms with Gasteiger partial charge in [0.2, 0.25) is 11.8 Å². The molecule has 174 valence electrons. The Morgan fingerprint density at radius 3 is 2.75 bits per heavy atom. The Morgan fingerprint density at radius 1 is 1.25 bits per heavy atom. The Hall–Kier alpha value is -2.09. The van der Waals surface area contributed by atoms with E-state index in [1.54, 1.807) is 0 Å². The molecule has 32 heavy (non-hydrogen) atoms. The summed E-state index contributed by atoms with van der Waals surface area (Å²) in [6.45, 7) is 4.68. The molecule has 2 aliphatic heterocycles. The zero-order valence-corrected chi connectivity index (χ0v) is 18.9. The van der Waals surface area contributed by atoms with Gasteiger partial charge in [-0.15, -0.1) is 0 Å². The molecule has 1 aromatic rings. The van der Waals surface area contributed by atoms with Gasteiger partial charge in [0.15, 0.2) is 0 Å². The Labute approximate surface area is 189 Å². The lowest BCUT2D eigenvalue weighted by atomic mass is 9.73. The predicted molar refractivity (Wildman–Crippen MR) is 120 cm³/mol. The summed E-state index contributed by atoms with van der Waals surface area (Å²) in [5.41, 5.74) is 6.16.